The number of hydrogen-bond donors (Lipinski definition) is 1. The summed E-state index contributed by atoms with van der Waals surface area (Å²) < 4.78 is 2.30. The summed E-state index contributed by atoms with van der Waals surface area (Å²) in [6.45, 7) is 6.48. The van der Waals surface area contributed by atoms with E-state index < -0.39 is 0 Å². The highest BCUT2D eigenvalue weighted by molar-refractivity contribution is 5.41. The van der Waals surface area contributed by atoms with Gasteiger partial charge in [-0.3, -0.25) is 0 Å². The normalized spacial score (nSPS) is 18.1. The Morgan fingerprint density at radius 1 is 1.33 bits per heavy atom. The minimum Gasteiger partial charge on any atom is -0.335 e. The summed E-state index contributed by atoms with van der Waals surface area (Å²) in [4.78, 5) is 4.58. The maximum atomic E-state index is 4.58. The molecule has 1 aromatic carbocycles. The van der Waals surface area contributed by atoms with E-state index in [0.717, 1.165) is 25.9 Å². The van der Waals surface area contributed by atoms with Crippen molar-refractivity contribution in [2.24, 2.45) is 0 Å². The minimum atomic E-state index is 0.489. The Balaban J connectivity index is 1.75. The van der Waals surface area contributed by atoms with Gasteiger partial charge in [0.2, 0.25) is 0 Å². The summed E-state index contributed by atoms with van der Waals surface area (Å²) in [6, 6.07) is 9.33. The molecule has 1 aliphatic carbocycles. The van der Waals surface area contributed by atoms with E-state index in [1.165, 1.54) is 23.4 Å². The quantitative estimate of drug-likeness (QED) is 0.846. The minimum absolute atomic E-state index is 0.489. The number of aryl methyl sites for hydroxylation is 1. The topological polar surface area (TPSA) is 29.9 Å². The number of imidazole rings is 1. The van der Waals surface area contributed by atoms with Crippen molar-refractivity contribution in [2.45, 2.75) is 51.6 Å². The molecule has 2 aromatic rings. The van der Waals surface area contributed by atoms with E-state index in [2.05, 4.69) is 59.2 Å². The first-order valence-corrected chi connectivity index (χ1v) is 8.14. The van der Waals surface area contributed by atoms with Crippen LogP contribution in [-0.2, 0) is 19.4 Å². The molecule has 1 heterocycles. The molecule has 0 saturated carbocycles. The first-order valence-electron chi connectivity index (χ1n) is 8.14. The number of nitrogens with one attached hydrogen (secondary N) is 1. The lowest BCUT2D eigenvalue weighted by molar-refractivity contribution is 0.393. The number of rotatable bonds is 7. The van der Waals surface area contributed by atoms with Crippen molar-refractivity contribution in [3.63, 3.8) is 0 Å². The highest BCUT2D eigenvalue weighted by Gasteiger charge is 2.32. The summed E-state index contributed by atoms with van der Waals surface area (Å²) >= 11 is 0. The van der Waals surface area contributed by atoms with Crippen molar-refractivity contribution in [2.75, 3.05) is 6.54 Å². The molecule has 0 aliphatic heterocycles. The van der Waals surface area contributed by atoms with Crippen LogP contribution in [0.3, 0.4) is 0 Å². The molecule has 3 rings (SSSR count). The SMILES string of the molecule is CCCn1ccnc1CC(NCC)C1Cc2ccccc21. The molecule has 2 atom stereocenters. The average Bonchev–Trinajstić information content (AvgIpc) is 2.88. The third-order valence-corrected chi connectivity index (χ3v) is 4.52. The molecule has 0 spiro atoms. The molecule has 0 radical (unpaired) electrons. The van der Waals surface area contributed by atoms with E-state index >= 15 is 0 Å². The van der Waals surface area contributed by atoms with Crippen molar-refractivity contribution in [3.8, 4) is 0 Å². The van der Waals surface area contributed by atoms with Crippen LogP contribution in [0.4, 0.5) is 0 Å². The van der Waals surface area contributed by atoms with Crippen LogP contribution in [0.5, 0.6) is 0 Å². The molecular weight excluding hydrogens is 258 g/mol. The maximum Gasteiger partial charge on any atom is 0.110 e. The maximum absolute atomic E-state index is 4.58. The van der Waals surface area contributed by atoms with Crippen LogP contribution >= 0.6 is 0 Å². The number of fused-ring (bicyclic) bond motifs is 1. The van der Waals surface area contributed by atoms with Crippen molar-refractivity contribution in [1.29, 1.82) is 0 Å². The highest BCUT2D eigenvalue weighted by atomic mass is 15.1. The average molecular weight is 283 g/mol. The molecule has 1 aliphatic rings. The second kappa shape index (κ2) is 6.44. The van der Waals surface area contributed by atoms with E-state index in [1.54, 1.807) is 0 Å². The van der Waals surface area contributed by atoms with Gasteiger partial charge < -0.3 is 9.88 Å². The van der Waals surface area contributed by atoms with Crippen LogP contribution < -0.4 is 5.32 Å². The fourth-order valence-electron chi connectivity index (χ4n) is 3.45. The lowest BCUT2D eigenvalue weighted by atomic mass is 9.72. The van der Waals surface area contributed by atoms with Crippen molar-refractivity contribution < 1.29 is 0 Å². The zero-order valence-electron chi connectivity index (χ0n) is 13.0. The third kappa shape index (κ3) is 2.88. The van der Waals surface area contributed by atoms with Crippen LogP contribution in [0, 0.1) is 0 Å². The Kier molecular flexibility index (Phi) is 4.39. The molecule has 0 amide bonds. The molecule has 1 aromatic heterocycles. The fourth-order valence-corrected chi connectivity index (χ4v) is 3.45. The van der Waals surface area contributed by atoms with Gasteiger partial charge in [0, 0.05) is 37.3 Å². The van der Waals surface area contributed by atoms with Gasteiger partial charge in [-0.1, -0.05) is 38.1 Å². The molecule has 21 heavy (non-hydrogen) atoms. The van der Waals surface area contributed by atoms with Gasteiger partial charge in [0.1, 0.15) is 5.82 Å². The van der Waals surface area contributed by atoms with Gasteiger partial charge in [0.15, 0.2) is 0 Å². The predicted molar refractivity (Wildman–Crippen MR) is 86.6 cm³/mol. The van der Waals surface area contributed by atoms with Gasteiger partial charge in [-0.25, -0.2) is 4.98 Å². The number of aromatic nitrogens is 2. The molecule has 2 unspecified atom stereocenters. The standard InChI is InChI=1S/C18H25N3/c1-3-10-21-11-9-20-18(21)13-17(19-4-2)16-12-14-7-5-6-8-15(14)16/h5-9,11,16-17,19H,3-4,10,12-13H2,1-2H3. The van der Waals surface area contributed by atoms with Crippen LogP contribution in [0.25, 0.3) is 0 Å². The molecule has 0 bridgehead atoms. The van der Waals surface area contributed by atoms with Crippen LogP contribution in [0.2, 0.25) is 0 Å². The summed E-state index contributed by atoms with van der Waals surface area (Å²) in [5.41, 5.74) is 3.04. The Morgan fingerprint density at radius 3 is 2.95 bits per heavy atom. The second-order valence-corrected chi connectivity index (χ2v) is 5.91. The molecule has 0 saturated heterocycles. The lowest BCUT2D eigenvalue weighted by Crippen LogP contribution is -2.42. The van der Waals surface area contributed by atoms with E-state index in [4.69, 9.17) is 0 Å². The lowest BCUT2D eigenvalue weighted by Gasteiger charge is -2.37. The first kappa shape index (κ1) is 14.3. The number of hydrogen-bond acceptors (Lipinski definition) is 2. The monoisotopic (exact) mass is 283 g/mol. The summed E-state index contributed by atoms with van der Waals surface area (Å²) in [5.74, 6) is 1.85. The Hall–Kier alpha value is -1.61. The van der Waals surface area contributed by atoms with Gasteiger partial charge in [0.25, 0.3) is 0 Å². The van der Waals surface area contributed by atoms with Crippen LogP contribution in [0.1, 0.15) is 43.1 Å². The Morgan fingerprint density at radius 2 is 2.19 bits per heavy atom. The Bertz CT molecular complexity index is 588. The summed E-state index contributed by atoms with van der Waals surface area (Å²) in [7, 11) is 0. The van der Waals surface area contributed by atoms with E-state index in [1.807, 2.05) is 6.20 Å². The molecule has 3 heteroatoms. The summed E-state index contributed by atoms with van der Waals surface area (Å²) in [6.07, 6.45) is 7.41. The first-order chi connectivity index (χ1) is 10.3. The van der Waals surface area contributed by atoms with Gasteiger partial charge in [0.05, 0.1) is 0 Å². The smallest absolute Gasteiger partial charge is 0.110 e. The second-order valence-electron chi connectivity index (χ2n) is 5.91. The fraction of sp³-hybridized carbons (Fsp3) is 0.500. The predicted octanol–water partition coefficient (Wildman–Crippen LogP) is 3.15. The molecule has 1 N–H and O–H groups in total. The third-order valence-electron chi connectivity index (χ3n) is 4.52. The van der Waals surface area contributed by atoms with Crippen molar-refractivity contribution in [1.82, 2.24) is 14.9 Å². The van der Waals surface area contributed by atoms with Crippen LogP contribution in [0.15, 0.2) is 36.7 Å². The van der Waals surface area contributed by atoms with Crippen molar-refractivity contribution in [3.05, 3.63) is 53.6 Å². The molecule has 112 valence electrons. The van der Waals surface area contributed by atoms with Gasteiger partial charge >= 0.3 is 0 Å². The number of likely N-dealkylation sites (N-methyl/N-ethyl adjacent to an activating group) is 1. The van der Waals surface area contributed by atoms with E-state index in [-0.39, 0.29) is 0 Å². The Labute approximate surface area is 127 Å². The largest absolute Gasteiger partial charge is 0.335 e. The van der Waals surface area contributed by atoms with Gasteiger partial charge in [-0.15, -0.1) is 0 Å². The number of nitrogens with zero attached hydrogens (tertiary/aromatic N) is 2. The van der Waals surface area contributed by atoms with Gasteiger partial charge in [-0.05, 0) is 30.5 Å². The number of benzene rings is 1. The van der Waals surface area contributed by atoms with Crippen molar-refractivity contribution >= 4 is 0 Å². The molecule has 3 nitrogen and oxygen atoms in total. The van der Waals surface area contributed by atoms with E-state index in [0.29, 0.717) is 12.0 Å². The zero-order valence-corrected chi connectivity index (χ0v) is 13.0. The zero-order chi connectivity index (χ0) is 14.7. The van der Waals surface area contributed by atoms with Gasteiger partial charge in [-0.2, -0.15) is 0 Å². The van der Waals surface area contributed by atoms with Crippen LogP contribution in [-0.4, -0.2) is 22.1 Å². The summed E-state index contributed by atoms with van der Waals surface area (Å²) in [5, 5.41) is 3.68. The van der Waals surface area contributed by atoms with E-state index in [9.17, 15) is 0 Å². The highest BCUT2D eigenvalue weighted by Crippen LogP contribution is 2.38. The molecular formula is C18H25N3. The molecule has 0 fully saturated rings.